The zero-order valence-corrected chi connectivity index (χ0v) is 13.4. The van der Waals surface area contributed by atoms with Crippen molar-refractivity contribution in [3.8, 4) is 0 Å². The molecule has 0 heterocycles. The predicted octanol–water partition coefficient (Wildman–Crippen LogP) is 5.30. The molecule has 19 heavy (non-hydrogen) atoms. The SMILES string of the molecule is ClC1CC(OCc2ccccc2Br)C12CCCCC2. The normalized spacial score (nSPS) is 29.2. The predicted molar refractivity (Wildman–Crippen MR) is 82.5 cm³/mol. The molecule has 0 N–H and O–H groups in total. The molecule has 0 radical (unpaired) electrons. The third-order valence-corrected chi connectivity index (χ3v) is 6.25. The highest BCUT2D eigenvalue weighted by molar-refractivity contribution is 9.10. The van der Waals surface area contributed by atoms with E-state index in [-0.39, 0.29) is 5.41 Å². The van der Waals surface area contributed by atoms with Crippen LogP contribution in [0.2, 0.25) is 0 Å². The van der Waals surface area contributed by atoms with Gasteiger partial charge in [0.1, 0.15) is 0 Å². The second-order valence-corrected chi connectivity index (χ2v) is 7.27. The van der Waals surface area contributed by atoms with Gasteiger partial charge in [-0.15, -0.1) is 11.6 Å². The van der Waals surface area contributed by atoms with E-state index in [4.69, 9.17) is 16.3 Å². The highest BCUT2D eigenvalue weighted by Gasteiger charge is 2.54. The molecule has 0 saturated heterocycles. The Hall–Kier alpha value is -0.0500. The summed E-state index contributed by atoms with van der Waals surface area (Å²) in [5.74, 6) is 0. The Labute approximate surface area is 128 Å². The first kappa shape index (κ1) is 13.9. The average molecular weight is 344 g/mol. The van der Waals surface area contributed by atoms with Crippen LogP contribution in [-0.4, -0.2) is 11.5 Å². The van der Waals surface area contributed by atoms with Crippen LogP contribution in [0.4, 0.5) is 0 Å². The fraction of sp³-hybridized carbons (Fsp3) is 0.625. The second kappa shape index (κ2) is 5.75. The molecule has 104 valence electrons. The fourth-order valence-electron chi connectivity index (χ4n) is 3.58. The molecule has 0 bridgehead atoms. The van der Waals surface area contributed by atoms with Crippen LogP contribution < -0.4 is 0 Å². The highest BCUT2D eigenvalue weighted by atomic mass is 79.9. The van der Waals surface area contributed by atoms with Crippen molar-refractivity contribution >= 4 is 27.5 Å². The van der Waals surface area contributed by atoms with E-state index >= 15 is 0 Å². The van der Waals surface area contributed by atoms with E-state index in [0.717, 1.165) is 10.9 Å². The van der Waals surface area contributed by atoms with Crippen LogP contribution in [0.25, 0.3) is 0 Å². The Morgan fingerprint density at radius 2 is 1.95 bits per heavy atom. The lowest BCUT2D eigenvalue weighted by Crippen LogP contribution is -2.56. The lowest BCUT2D eigenvalue weighted by molar-refractivity contribution is -0.131. The minimum Gasteiger partial charge on any atom is -0.373 e. The topological polar surface area (TPSA) is 9.23 Å². The molecule has 3 heteroatoms. The number of ether oxygens (including phenoxy) is 1. The van der Waals surface area contributed by atoms with Gasteiger partial charge in [0.15, 0.2) is 0 Å². The first-order valence-electron chi connectivity index (χ1n) is 7.21. The molecule has 0 amide bonds. The van der Waals surface area contributed by atoms with Gasteiger partial charge in [0.25, 0.3) is 0 Å². The maximum Gasteiger partial charge on any atom is 0.0731 e. The van der Waals surface area contributed by atoms with E-state index in [9.17, 15) is 0 Å². The third kappa shape index (κ3) is 2.59. The van der Waals surface area contributed by atoms with Crippen molar-refractivity contribution in [2.45, 2.75) is 56.6 Å². The Bertz CT molecular complexity index is 442. The van der Waals surface area contributed by atoms with Gasteiger partial charge in [0.05, 0.1) is 12.7 Å². The number of hydrogen-bond donors (Lipinski definition) is 0. The van der Waals surface area contributed by atoms with E-state index in [2.05, 4.69) is 34.1 Å². The van der Waals surface area contributed by atoms with Crippen LogP contribution in [0.15, 0.2) is 28.7 Å². The molecular formula is C16H20BrClO. The first-order chi connectivity index (χ1) is 9.22. The molecule has 2 unspecified atom stereocenters. The van der Waals surface area contributed by atoms with Crippen LogP contribution in [0.5, 0.6) is 0 Å². The molecule has 2 aliphatic rings. The summed E-state index contributed by atoms with van der Waals surface area (Å²) >= 11 is 10.1. The molecule has 2 atom stereocenters. The molecular weight excluding hydrogens is 324 g/mol. The number of rotatable bonds is 3. The summed E-state index contributed by atoms with van der Waals surface area (Å²) in [6.45, 7) is 0.692. The summed E-state index contributed by atoms with van der Waals surface area (Å²) in [4.78, 5) is 0. The van der Waals surface area contributed by atoms with Crippen molar-refractivity contribution in [2.75, 3.05) is 0 Å². The van der Waals surface area contributed by atoms with Gasteiger partial charge >= 0.3 is 0 Å². The van der Waals surface area contributed by atoms with E-state index in [1.54, 1.807) is 0 Å². The minimum atomic E-state index is 0.279. The smallest absolute Gasteiger partial charge is 0.0731 e. The monoisotopic (exact) mass is 342 g/mol. The van der Waals surface area contributed by atoms with Gasteiger partial charge < -0.3 is 4.74 Å². The van der Waals surface area contributed by atoms with Gasteiger partial charge in [-0.2, -0.15) is 0 Å². The van der Waals surface area contributed by atoms with Crippen molar-refractivity contribution in [1.29, 1.82) is 0 Å². The molecule has 1 spiro atoms. The van der Waals surface area contributed by atoms with Gasteiger partial charge in [-0.25, -0.2) is 0 Å². The Kier molecular flexibility index (Phi) is 4.21. The van der Waals surface area contributed by atoms with Gasteiger partial charge in [0.2, 0.25) is 0 Å². The fourth-order valence-corrected chi connectivity index (χ4v) is 4.50. The van der Waals surface area contributed by atoms with E-state index < -0.39 is 0 Å². The van der Waals surface area contributed by atoms with E-state index in [0.29, 0.717) is 18.1 Å². The minimum absolute atomic E-state index is 0.279. The molecule has 2 aliphatic carbocycles. The van der Waals surface area contributed by atoms with Crippen molar-refractivity contribution in [3.63, 3.8) is 0 Å². The lowest BCUT2D eigenvalue weighted by Gasteiger charge is -2.55. The van der Waals surface area contributed by atoms with Gasteiger partial charge in [-0.3, -0.25) is 0 Å². The van der Waals surface area contributed by atoms with Gasteiger partial charge in [0, 0.05) is 15.3 Å². The van der Waals surface area contributed by atoms with Crippen molar-refractivity contribution < 1.29 is 4.74 Å². The summed E-state index contributed by atoms with van der Waals surface area (Å²) in [5.41, 5.74) is 1.51. The van der Waals surface area contributed by atoms with Crippen molar-refractivity contribution in [3.05, 3.63) is 34.3 Å². The van der Waals surface area contributed by atoms with Crippen molar-refractivity contribution in [1.82, 2.24) is 0 Å². The molecule has 1 nitrogen and oxygen atoms in total. The third-order valence-electron chi connectivity index (χ3n) is 4.87. The molecule has 1 aromatic rings. The van der Waals surface area contributed by atoms with E-state index in [1.807, 2.05) is 6.07 Å². The summed E-state index contributed by atoms with van der Waals surface area (Å²) in [6, 6.07) is 8.29. The number of halogens is 2. The average Bonchev–Trinajstić information content (AvgIpc) is 2.46. The Morgan fingerprint density at radius 1 is 1.21 bits per heavy atom. The zero-order valence-electron chi connectivity index (χ0n) is 11.1. The standard InChI is InChI=1S/C16H20BrClO/c17-13-7-3-2-6-12(13)11-19-15-10-14(18)16(15)8-4-1-5-9-16/h2-3,6-7,14-15H,1,4-5,8-11H2. The highest BCUT2D eigenvalue weighted by Crippen LogP contribution is 2.55. The maximum absolute atomic E-state index is 6.50. The Balaban J connectivity index is 1.63. The molecule has 2 fully saturated rings. The van der Waals surface area contributed by atoms with Crippen LogP contribution >= 0.6 is 27.5 Å². The summed E-state index contributed by atoms with van der Waals surface area (Å²) in [5, 5.41) is 0.331. The lowest BCUT2D eigenvalue weighted by atomic mass is 9.58. The number of benzene rings is 1. The molecule has 0 aliphatic heterocycles. The summed E-state index contributed by atoms with van der Waals surface area (Å²) < 4.78 is 7.33. The van der Waals surface area contributed by atoms with Gasteiger partial charge in [-0.05, 0) is 30.9 Å². The van der Waals surface area contributed by atoms with Crippen LogP contribution in [0, 0.1) is 5.41 Å². The van der Waals surface area contributed by atoms with Gasteiger partial charge in [-0.1, -0.05) is 53.4 Å². The maximum atomic E-state index is 6.50. The van der Waals surface area contributed by atoms with Crippen LogP contribution in [-0.2, 0) is 11.3 Å². The van der Waals surface area contributed by atoms with E-state index in [1.165, 1.54) is 37.7 Å². The first-order valence-corrected chi connectivity index (χ1v) is 8.44. The molecule has 1 aromatic carbocycles. The summed E-state index contributed by atoms with van der Waals surface area (Å²) in [6.07, 6.45) is 7.89. The molecule has 3 rings (SSSR count). The van der Waals surface area contributed by atoms with Crippen LogP contribution in [0.3, 0.4) is 0 Å². The number of hydrogen-bond acceptors (Lipinski definition) is 1. The quantitative estimate of drug-likeness (QED) is 0.677. The van der Waals surface area contributed by atoms with Crippen LogP contribution in [0.1, 0.15) is 44.1 Å². The summed E-state index contributed by atoms with van der Waals surface area (Å²) in [7, 11) is 0. The Morgan fingerprint density at radius 3 is 2.63 bits per heavy atom. The zero-order chi connectivity index (χ0) is 13.3. The second-order valence-electron chi connectivity index (χ2n) is 5.89. The van der Waals surface area contributed by atoms with Crippen molar-refractivity contribution in [2.24, 2.45) is 5.41 Å². The largest absolute Gasteiger partial charge is 0.373 e. The molecule has 2 saturated carbocycles. The molecule has 0 aromatic heterocycles. The number of alkyl halides is 1.